The normalized spacial score (nSPS) is 12.0. The van der Waals surface area contributed by atoms with Gasteiger partial charge in [0.15, 0.2) is 0 Å². The third kappa shape index (κ3) is 5.84. The van der Waals surface area contributed by atoms with Gasteiger partial charge in [0.1, 0.15) is 11.9 Å². The summed E-state index contributed by atoms with van der Waals surface area (Å²) in [6.45, 7) is 1.23. The second-order valence-corrected chi connectivity index (χ2v) is 6.93. The molecule has 0 aliphatic heterocycles. The molecule has 0 aliphatic rings. The Labute approximate surface area is 181 Å². The lowest BCUT2D eigenvalue weighted by molar-refractivity contribution is -0.137. The van der Waals surface area contributed by atoms with E-state index in [1.807, 2.05) is 0 Å². The molecular weight excluding hydrogens is 426 g/mol. The maximum Gasteiger partial charge on any atom is 0.416 e. The maximum absolute atomic E-state index is 14.0. The zero-order chi connectivity index (χ0) is 23.3. The lowest BCUT2D eigenvalue weighted by atomic mass is 10.1. The summed E-state index contributed by atoms with van der Waals surface area (Å²) in [6.07, 6.45) is -4.55. The van der Waals surface area contributed by atoms with Crippen LogP contribution in [0, 0.1) is 5.82 Å². The van der Waals surface area contributed by atoms with Crippen LogP contribution in [0.1, 0.15) is 24.1 Å². The fourth-order valence-corrected chi connectivity index (χ4v) is 3.00. The molecule has 1 atom stereocenters. The van der Waals surface area contributed by atoms with Gasteiger partial charge < -0.3 is 16.0 Å². The van der Waals surface area contributed by atoms with Crippen LogP contribution >= 0.6 is 0 Å². The molecule has 0 radical (unpaired) electrons. The third-order valence-electron chi connectivity index (χ3n) is 4.44. The van der Waals surface area contributed by atoms with Gasteiger partial charge in [-0.2, -0.15) is 13.2 Å². The monoisotopic (exact) mass is 445 g/mol. The smallest absolute Gasteiger partial charge is 0.370 e. The van der Waals surface area contributed by atoms with E-state index in [0.29, 0.717) is 11.3 Å². The van der Waals surface area contributed by atoms with Crippen molar-refractivity contribution in [2.75, 3.05) is 16.0 Å². The summed E-state index contributed by atoms with van der Waals surface area (Å²) in [4.78, 5) is 24.3. The van der Waals surface area contributed by atoms with Gasteiger partial charge in [-0.25, -0.2) is 4.39 Å². The van der Waals surface area contributed by atoms with Crippen LogP contribution in [0.3, 0.4) is 0 Å². The van der Waals surface area contributed by atoms with Gasteiger partial charge in [0.05, 0.1) is 11.3 Å². The second kappa shape index (κ2) is 9.51. The van der Waals surface area contributed by atoms with Crippen LogP contribution in [0.15, 0.2) is 72.8 Å². The average Bonchev–Trinajstić information content (AvgIpc) is 2.74. The van der Waals surface area contributed by atoms with Crippen LogP contribution < -0.4 is 16.0 Å². The molecule has 0 fully saturated rings. The molecule has 0 saturated heterocycles. The Kier molecular flexibility index (Phi) is 6.77. The minimum Gasteiger partial charge on any atom is -0.370 e. The van der Waals surface area contributed by atoms with Crippen molar-refractivity contribution < 1.29 is 27.2 Å². The Hall–Kier alpha value is -3.88. The number of hydrogen-bond acceptors (Lipinski definition) is 3. The number of hydrogen-bond donors (Lipinski definition) is 3. The number of carbonyl (C=O) groups excluding carboxylic acids is 2. The van der Waals surface area contributed by atoms with E-state index in [0.717, 1.165) is 18.2 Å². The van der Waals surface area contributed by atoms with Crippen molar-refractivity contribution in [2.45, 2.75) is 19.1 Å². The zero-order valence-corrected chi connectivity index (χ0v) is 16.8. The van der Waals surface area contributed by atoms with Gasteiger partial charge in [-0.3, -0.25) is 9.59 Å². The topological polar surface area (TPSA) is 70.2 Å². The maximum atomic E-state index is 14.0. The predicted octanol–water partition coefficient (Wildman–Crippen LogP) is 5.59. The first-order valence-corrected chi connectivity index (χ1v) is 9.50. The molecular formula is C23H19F4N3O2. The molecule has 0 aromatic heterocycles. The zero-order valence-electron chi connectivity index (χ0n) is 16.8. The molecule has 32 heavy (non-hydrogen) atoms. The highest BCUT2D eigenvalue weighted by atomic mass is 19.4. The van der Waals surface area contributed by atoms with Gasteiger partial charge in [-0.05, 0) is 42.0 Å². The van der Waals surface area contributed by atoms with Crippen LogP contribution in [0.25, 0.3) is 0 Å². The molecule has 0 bridgehead atoms. The fourth-order valence-electron chi connectivity index (χ4n) is 3.00. The van der Waals surface area contributed by atoms with Crippen molar-refractivity contribution in [3.8, 4) is 0 Å². The molecule has 2 amide bonds. The first-order chi connectivity index (χ1) is 15.1. The number of alkyl halides is 3. The molecule has 3 N–H and O–H groups in total. The standard InChI is InChI=1S/C23H19F4N3O2/c1-14(31)28-20-13-18(10-11-19(20)24)29-21(15-6-3-2-4-7-15)22(32)30-17-9-5-8-16(12-17)23(25,26)27/h2-13,21,29H,1H3,(H,28,31)(H,30,32). The summed E-state index contributed by atoms with van der Waals surface area (Å²) >= 11 is 0. The fraction of sp³-hybridized carbons (Fsp3) is 0.130. The number of carbonyl (C=O) groups is 2. The van der Waals surface area contributed by atoms with E-state index >= 15 is 0 Å². The summed E-state index contributed by atoms with van der Waals surface area (Å²) in [5.74, 6) is -1.75. The molecule has 1 unspecified atom stereocenters. The third-order valence-corrected chi connectivity index (χ3v) is 4.44. The molecule has 5 nitrogen and oxygen atoms in total. The van der Waals surface area contributed by atoms with E-state index in [1.54, 1.807) is 30.3 Å². The van der Waals surface area contributed by atoms with Crippen molar-refractivity contribution in [1.29, 1.82) is 0 Å². The molecule has 3 aromatic carbocycles. The highest BCUT2D eigenvalue weighted by molar-refractivity contribution is 5.97. The number of benzene rings is 3. The number of amides is 2. The Morgan fingerprint density at radius 1 is 0.844 bits per heavy atom. The molecule has 0 heterocycles. The highest BCUT2D eigenvalue weighted by Crippen LogP contribution is 2.31. The van der Waals surface area contributed by atoms with Crippen LogP contribution in [0.2, 0.25) is 0 Å². The largest absolute Gasteiger partial charge is 0.416 e. The van der Waals surface area contributed by atoms with Gasteiger partial charge >= 0.3 is 6.18 Å². The molecule has 0 saturated carbocycles. The van der Waals surface area contributed by atoms with E-state index in [-0.39, 0.29) is 11.4 Å². The van der Waals surface area contributed by atoms with Crippen molar-refractivity contribution in [3.05, 3.63) is 89.7 Å². The quantitative estimate of drug-likeness (QED) is 0.433. The van der Waals surface area contributed by atoms with E-state index in [1.165, 1.54) is 31.2 Å². The van der Waals surface area contributed by atoms with Gasteiger partial charge in [0.2, 0.25) is 5.91 Å². The average molecular weight is 445 g/mol. The van der Waals surface area contributed by atoms with Gasteiger partial charge in [-0.1, -0.05) is 36.4 Å². The molecule has 166 valence electrons. The Balaban J connectivity index is 1.89. The minimum atomic E-state index is -4.55. The Bertz CT molecular complexity index is 1120. The van der Waals surface area contributed by atoms with Crippen LogP contribution in [-0.2, 0) is 15.8 Å². The lowest BCUT2D eigenvalue weighted by Crippen LogP contribution is -2.27. The first kappa shape index (κ1) is 22.8. The number of rotatable bonds is 6. The minimum absolute atomic E-state index is 0.0226. The summed E-state index contributed by atoms with van der Waals surface area (Å²) in [5.41, 5.74) is -0.137. The van der Waals surface area contributed by atoms with Crippen molar-refractivity contribution in [3.63, 3.8) is 0 Å². The predicted molar refractivity (Wildman–Crippen MR) is 114 cm³/mol. The Morgan fingerprint density at radius 2 is 1.56 bits per heavy atom. The molecule has 3 aromatic rings. The van der Waals surface area contributed by atoms with E-state index < -0.39 is 35.4 Å². The molecule has 0 spiro atoms. The molecule has 0 aliphatic carbocycles. The summed E-state index contributed by atoms with van der Waals surface area (Å²) in [5, 5.41) is 7.79. The highest BCUT2D eigenvalue weighted by Gasteiger charge is 2.31. The van der Waals surface area contributed by atoms with Crippen molar-refractivity contribution in [1.82, 2.24) is 0 Å². The Morgan fingerprint density at radius 3 is 2.22 bits per heavy atom. The SMILES string of the molecule is CC(=O)Nc1cc(NC(C(=O)Nc2cccc(C(F)(F)F)c2)c2ccccc2)ccc1F. The molecule has 9 heteroatoms. The van der Waals surface area contributed by atoms with E-state index in [2.05, 4.69) is 16.0 Å². The van der Waals surface area contributed by atoms with Crippen molar-refractivity contribution in [2.24, 2.45) is 0 Å². The van der Waals surface area contributed by atoms with Crippen molar-refractivity contribution >= 4 is 28.9 Å². The van der Waals surface area contributed by atoms with Crippen LogP contribution in [0.5, 0.6) is 0 Å². The van der Waals surface area contributed by atoms with Crippen LogP contribution in [0.4, 0.5) is 34.6 Å². The van der Waals surface area contributed by atoms with Gasteiger partial charge in [0, 0.05) is 18.3 Å². The number of anilines is 3. The number of nitrogens with one attached hydrogen (secondary N) is 3. The summed E-state index contributed by atoms with van der Waals surface area (Å²) in [6, 6.07) is 15.6. The second-order valence-electron chi connectivity index (χ2n) is 6.93. The molecule has 3 rings (SSSR count). The van der Waals surface area contributed by atoms with Crippen LogP contribution in [-0.4, -0.2) is 11.8 Å². The van der Waals surface area contributed by atoms with Gasteiger partial charge in [-0.15, -0.1) is 0 Å². The summed E-state index contributed by atoms with van der Waals surface area (Å²) < 4.78 is 52.9. The first-order valence-electron chi connectivity index (χ1n) is 9.50. The lowest BCUT2D eigenvalue weighted by Gasteiger charge is -2.21. The number of halogens is 4. The summed E-state index contributed by atoms with van der Waals surface area (Å²) in [7, 11) is 0. The van der Waals surface area contributed by atoms with Gasteiger partial charge in [0.25, 0.3) is 5.91 Å². The van der Waals surface area contributed by atoms with E-state index in [9.17, 15) is 27.2 Å². The van der Waals surface area contributed by atoms with E-state index in [4.69, 9.17) is 0 Å².